The van der Waals surface area contributed by atoms with Gasteiger partial charge < -0.3 is 9.84 Å². The van der Waals surface area contributed by atoms with Gasteiger partial charge in [-0.05, 0) is 32.1 Å². The summed E-state index contributed by atoms with van der Waals surface area (Å²) in [6.07, 6.45) is 8.74. The summed E-state index contributed by atoms with van der Waals surface area (Å²) in [6.45, 7) is 6.19. The highest BCUT2D eigenvalue weighted by atomic mass is 16.5. The van der Waals surface area contributed by atoms with Gasteiger partial charge in [-0.25, -0.2) is 0 Å². The Morgan fingerprint density at radius 3 is 2.47 bits per heavy atom. The molecule has 1 aliphatic rings. The molecule has 0 aliphatic heterocycles. The zero-order chi connectivity index (χ0) is 14.3. The van der Waals surface area contributed by atoms with Crippen LogP contribution < -0.4 is 0 Å². The molecule has 0 amide bonds. The number of ether oxygens (including phenoxy) is 1. The van der Waals surface area contributed by atoms with Crippen LogP contribution in [-0.4, -0.2) is 24.3 Å². The Morgan fingerprint density at radius 1 is 1.32 bits per heavy atom. The van der Waals surface area contributed by atoms with Crippen molar-refractivity contribution in [3.63, 3.8) is 0 Å². The Labute approximate surface area is 117 Å². The molecular formula is C16H30O3. The molecule has 0 spiro atoms. The lowest BCUT2D eigenvalue weighted by Crippen LogP contribution is -2.32. The van der Waals surface area contributed by atoms with E-state index in [-0.39, 0.29) is 19.2 Å². The van der Waals surface area contributed by atoms with Gasteiger partial charge in [0.05, 0.1) is 12.0 Å². The Hall–Kier alpha value is -0.570. The minimum atomic E-state index is -0.437. The third kappa shape index (κ3) is 5.13. The summed E-state index contributed by atoms with van der Waals surface area (Å²) in [5.74, 6) is 1.23. The fourth-order valence-electron chi connectivity index (χ4n) is 3.32. The molecule has 0 bridgehead atoms. The second kappa shape index (κ2) is 7.88. The van der Waals surface area contributed by atoms with Crippen LogP contribution in [0, 0.1) is 17.3 Å². The average Bonchev–Trinajstić information content (AvgIpc) is 2.43. The molecule has 19 heavy (non-hydrogen) atoms. The first-order chi connectivity index (χ1) is 9.01. The van der Waals surface area contributed by atoms with Crippen molar-refractivity contribution in [3.05, 3.63) is 0 Å². The SMILES string of the molecule is CCC(CC(C)(C)C(=O)OCCO)C1CCCCC1. The highest BCUT2D eigenvalue weighted by Gasteiger charge is 2.34. The Kier molecular flexibility index (Phi) is 6.84. The number of carbonyl (C=O) groups excluding carboxylic acids is 1. The van der Waals surface area contributed by atoms with Gasteiger partial charge in [0.25, 0.3) is 0 Å². The smallest absolute Gasteiger partial charge is 0.311 e. The topological polar surface area (TPSA) is 46.5 Å². The van der Waals surface area contributed by atoms with Gasteiger partial charge >= 0.3 is 5.97 Å². The molecule has 1 rings (SSSR count). The summed E-state index contributed by atoms with van der Waals surface area (Å²) in [5.41, 5.74) is -0.437. The maximum absolute atomic E-state index is 12.0. The van der Waals surface area contributed by atoms with Crippen molar-refractivity contribution >= 4 is 5.97 Å². The van der Waals surface area contributed by atoms with Gasteiger partial charge in [0, 0.05) is 0 Å². The predicted octanol–water partition coefficient (Wildman–Crippen LogP) is 3.54. The van der Waals surface area contributed by atoms with Crippen molar-refractivity contribution in [1.29, 1.82) is 0 Å². The van der Waals surface area contributed by atoms with E-state index in [2.05, 4.69) is 6.92 Å². The fraction of sp³-hybridized carbons (Fsp3) is 0.938. The largest absolute Gasteiger partial charge is 0.463 e. The molecule has 1 aliphatic carbocycles. The van der Waals surface area contributed by atoms with Gasteiger partial charge in [0.1, 0.15) is 6.61 Å². The number of esters is 1. The molecule has 1 fully saturated rings. The van der Waals surface area contributed by atoms with E-state index in [0.717, 1.165) is 18.8 Å². The van der Waals surface area contributed by atoms with Crippen LogP contribution in [0.2, 0.25) is 0 Å². The number of carbonyl (C=O) groups is 1. The Morgan fingerprint density at radius 2 is 1.95 bits per heavy atom. The molecule has 3 heteroatoms. The Bertz CT molecular complexity index is 267. The normalized spacial score (nSPS) is 19.2. The van der Waals surface area contributed by atoms with Gasteiger partial charge in [0.15, 0.2) is 0 Å². The van der Waals surface area contributed by atoms with E-state index >= 15 is 0 Å². The number of hydrogen-bond acceptors (Lipinski definition) is 3. The highest BCUT2D eigenvalue weighted by molar-refractivity contribution is 5.75. The zero-order valence-corrected chi connectivity index (χ0v) is 12.8. The third-order valence-corrected chi connectivity index (χ3v) is 4.49. The second-order valence-electron chi connectivity index (χ2n) is 6.51. The van der Waals surface area contributed by atoms with E-state index in [4.69, 9.17) is 9.84 Å². The standard InChI is InChI=1S/C16H30O3/c1-4-13(14-8-6-5-7-9-14)12-16(2,3)15(18)19-11-10-17/h13-14,17H,4-12H2,1-3H3. The van der Waals surface area contributed by atoms with Gasteiger partial charge in [-0.1, -0.05) is 45.4 Å². The van der Waals surface area contributed by atoms with E-state index in [1.807, 2.05) is 13.8 Å². The van der Waals surface area contributed by atoms with Gasteiger partial charge in [-0.3, -0.25) is 4.79 Å². The quantitative estimate of drug-likeness (QED) is 0.720. The third-order valence-electron chi connectivity index (χ3n) is 4.49. The molecule has 0 aromatic carbocycles. The van der Waals surface area contributed by atoms with Crippen LogP contribution in [0.25, 0.3) is 0 Å². The summed E-state index contributed by atoms with van der Waals surface area (Å²) in [4.78, 5) is 12.0. The molecule has 1 unspecified atom stereocenters. The summed E-state index contributed by atoms with van der Waals surface area (Å²) in [6, 6.07) is 0. The van der Waals surface area contributed by atoms with Crippen molar-refractivity contribution in [1.82, 2.24) is 0 Å². The molecule has 0 saturated heterocycles. The first kappa shape index (κ1) is 16.5. The number of aliphatic hydroxyl groups excluding tert-OH is 1. The van der Waals surface area contributed by atoms with Crippen LogP contribution in [0.15, 0.2) is 0 Å². The van der Waals surface area contributed by atoms with Crippen molar-refractivity contribution in [2.45, 2.75) is 65.7 Å². The average molecular weight is 270 g/mol. The molecule has 0 heterocycles. The number of aliphatic hydroxyl groups is 1. The van der Waals surface area contributed by atoms with Crippen molar-refractivity contribution in [2.24, 2.45) is 17.3 Å². The van der Waals surface area contributed by atoms with E-state index < -0.39 is 5.41 Å². The molecule has 1 saturated carbocycles. The molecule has 0 aromatic heterocycles. The van der Waals surface area contributed by atoms with Gasteiger partial charge in [0.2, 0.25) is 0 Å². The van der Waals surface area contributed by atoms with E-state index in [1.54, 1.807) is 0 Å². The first-order valence-corrected chi connectivity index (χ1v) is 7.79. The number of hydrogen-bond donors (Lipinski definition) is 1. The molecule has 1 N–H and O–H groups in total. The first-order valence-electron chi connectivity index (χ1n) is 7.79. The van der Waals surface area contributed by atoms with Crippen molar-refractivity contribution < 1.29 is 14.6 Å². The molecule has 0 radical (unpaired) electrons. The zero-order valence-electron chi connectivity index (χ0n) is 12.8. The maximum atomic E-state index is 12.0. The monoisotopic (exact) mass is 270 g/mol. The van der Waals surface area contributed by atoms with Crippen LogP contribution in [0.4, 0.5) is 0 Å². The number of rotatable bonds is 7. The van der Waals surface area contributed by atoms with E-state index in [9.17, 15) is 4.79 Å². The maximum Gasteiger partial charge on any atom is 0.311 e. The highest BCUT2D eigenvalue weighted by Crippen LogP contribution is 2.39. The molecule has 0 aromatic rings. The van der Waals surface area contributed by atoms with Crippen LogP contribution >= 0.6 is 0 Å². The summed E-state index contributed by atoms with van der Waals surface area (Å²) in [5, 5.41) is 8.74. The summed E-state index contributed by atoms with van der Waals surface area (Å²) >= 11 is 0. The molecule has 3 nitrogen and oxygen atoms in total. The van der Waals surface area contributed by atoms with Crippen molar-refractivity contribution in [2.75, 3.05) is 13.2 Å². The second-order valence-corrected chi connectivity index (χ2v) is 6.51. The minimum Gasteiger partial charge on any atom is -0.463 e. The van der Waals surface area contributed by atoms with Crippen LogP contribution in [0.1, 0.15) is 65.7 Å². The summed E-state index contributed by atoms with van der Waals surface area (Å²) in [7, 11) is 0. The van der Waals surface area contributed by atoms with Crippen LogP contribution in [-0.2, 0) is 9.53 Å². The summed E-state index contributed by atoms with van der Waals surface area (Å²) < 4.78 is 5.10. The van der Waals surface area contributed by atoms with Crippen molar-refractivity contribution in [3.8, 4) is 0 Å². The van der Waals surface area contributed by atoms with E-state index in [0.29, 0.717) is 5.92 Å². The molecular weight excluding hydrogens is 240 g/mol. The fourth-order valence-corrected chi connectivity index (χ4v) is 3.32. The predicted molar refractivity (Wildman–Crippen MR) is 76.8 cm³/mol. The van der Waals surface area contributed by atoms with Crippen LogP contribution in [0.3, 0.4) is 0 Å². The molecule has 112 valence electrons. The lowest BCUT2D eigenvalue weighted by atomic mass is 9.71. The lowest BCUT2D eigenvalue weighted by molar-refractivity contribution is -0.156. The van der Waals surface area contributed by atoms with Gasteiger partial charge in [-0.2, -0.15) is 0 Å². The van der Waals surface area contributed by atoms with Crippen LogP contribution in [0.5, 0.6) is 0 Å². The van der Waals surface area contributed by atoms with Gasteiger partial charge in [-0.15, -0.1) is 0 Å². The minimum absolute atomic E-state index is 0.0956. The lowest BCUT2D eigenvalue weighted by Gasteiger charge is -2.34. The van der Waals surface area contributed by atoms with E-state index in [1.165, 1.54) is 32.1 Å². The Balaban J connectivity index is 2.54. The molecule has 1 atom stereocenters.